The van der Waals surface area contributed by atoms with Crippen molar-refractivity contribution >= 4 is 76.0 Å². The number of piperazine rings is 2. The lowest BCUT2D eigenvalue weighted by Crippen LogP contribution is -2.61. The molecule has 57 heavy (non-hydrogen) atoms. The molecule has 22 heteroatoms. The molecule has 0 saturated carbocycles. The molecule has 0 radical (unpaired) electrons. The first kappa shape index (κ1) is 45.1. The molecule has 4 N–H and O–H groups in total. The Morgan fingerprint density at radius 1 is 0.596 bits per heavy atom. The molecule has 0 amide bonds. The van der Waals surface area contributed by atoms with Crippen molar-refractivity contribution in [3.8, 4) is 0 Å². The number of anilines is 2. The third-order valence-corrected chi connectivity index (χ3v) is 11.5. The first-order valence-corrected chi connectivity index (χ1v) is 19.1. The summed E-state index contributed by atoms with van der Waals surface area (Å²) in [6.45, 7) is 1.39. The van der Waals surface area contributed by atoms with Crippen LogP contribution in [0.5, 0.6) is 0 Å². The van der Waals surface area contributed by atoms with Gasteiger partial charge >= 0.3 is 12.4 Å². The van der Waals surface area contributed by atoms with Crippen LogP contribution in [-0.4, -0.2) is 99.6 Å². The predicted molar refractivity (Wildman–Crippen MR) is 211 cm³/mol. The molecule has 0 spiro atoms. The molecule has 2 aliphatic rings. The van der Waals surface area contributed by atoms with Gasteiger partial charge in [-0.05, 0) is 48.5 Å². The van der Waals surface area contributed by atoms with E-state index in [1.807, 2.05) is 34.1 Å². The van der Waals surface area contributed by atoms with E-state index >= 15 is 4.79 Å². The molecule has 0 bridgehead atoms. The Balaban J connectivity index is 0.00000620. The van der Waals surface area contributed by atoms with Gasteiger partial charge in [-0.1, -0.05) is 46.4 Å². The van der Waals surface area contributed by atoms with Crippen molar-refractivity contribution < 1.29 is 31.1 Å². The van der Waals surface area contributed by atoms with Crippen LogP contribution in [0.15, 0.2) is 48.5 Å². The second-order valence-corrected chi connectivity index (χ2v) is 15.0. The summed E-state index contributed by atoms with van der Waals surface area (Å²) in [4.78, 5) is 23.1. The summed E-state index contributed by atoms with van der Waals surface area (Å²) in [5, 5.41) is 7.34. The second kappa shape index (κ2) is 18.5. The van der Waals surface area contributed by atoms with Crippen LogP contribution in [0.1, 0.15) is 22.8 Å². The van der Waals surface area contributed by atoms with Crippen LogP contribution in [-0.2, 0) is 43.3 Å². The molecule has 11 nitrogen and oxygen atoms in total. The fourth-order valence-corrected chi connectivity index (χ4v) is 8.10. The highest BCUT2D eigenvalue weighted by atomic mass is 35.5. The van der Waals surface area contributed by atoms with Crippen molar-refractivity contribution in [3.63, 3.8) is 0 Å². The number of benzene rings is 2. The molecule has 4 heterocycles. The summed E-state index contributed by atoms with van der Waals surface area (Å²) < 4.78 is 86.1. The number of aromatic nitrogens is 4. The van der Waals surface area contributed by atoms with Crippen molar-refractivity contribution in [2.24, 2.45) is 11.5 Å². The molecule has 312 valence electrons. The van der Waals surface area contributed by atoms with E-state index in [1.54, 1.807) is 24.3 Å². The first-order valence-electron chi connectivity index (χ1n) is 17.6. The zero-order chi connectivity index (χ0) is 40.5. The Morgan fingerprint density at radius 2 is 0.912 bits per heavy atom. The van der Waals surface area contributed by atoms with Gasteiger partial charge in [-0.3, -0.25) is 24.0 Å². The van der Waals surface area contributed by atoms with Gasteiger partial charge in [-0.2, -0.15) is 36.5 Å². The van der Waals surface area contributed by atoms with Crippen LogP contribution in [0, 0.1) is 0 Å². The molecule has 2 aromatic heterocycles. The molecule has 2 fully saturated rings. The van der Waals surface area contributed by atoms with Gasteiger partial charge in [-0.15, -0.1) is 12.4 Å². The molecular weight excluding hydrogens is 868 g/mol. The standard InChI is InChI=1S/C35H38Cl4F6N10O.ClH/c36-21-1-5-23(6-2-21)50-9-13-52(14-10-50)27(19-54-25(17-46)29(38)32(48-54)34(40,41)42)31(56)28(20-55-26(18-47)30(39)33(49-55)35(43,44)45)53-15-11-51(12-16-53)24-7-3-22(37)4-8-24;/h1-8,27-28H,9-20,46-47H2;1H. The Morgan fingerprint density at radius 3 is 1.19 bits per heavy atom. The fraction of sp³-hybridized carbons (Fsp3) is 0.457. The monoisotopic (exact) mass is 904 g/mol. The molecule has 2 aromatic carbocycles. The highest BCUT2D eigenvalue weighted by Gasteiger charge is 2.43. The maximum Gasteiger partial charge on any atom is 0.436 e. The summed E-state index contributed by atoms with van der Waals surface area (Å²) in [5.41, 5.74) is 10.6. The number of hydrogen-bond acceptors (Lipinski definition) is 9. The molecule has 6 rings (SSSR count). The van der Waals surface area contributed by atoms with Gasteiger partial charge in [0.05, 0.1) is 46.6 Å². The Hall–Kier alpha value is -3.00. The largest absolute Gasteiger partial charge is 0.436 e. The lowest BCUT2D eigenvalue weighted by atomic mass is 9.99. The van der Waals surface area contributed by atoms with E-state index in [4.69, 9.17) is 57.9 Å². The zero-order valence-corrected chi connectivity index (χ0v) is 33.9. The number of carbonyl (C=O) groups is 1. The van der Waals surface area contributed by atoms with Crippen LogP contribution < -0.4 is 21.3 Å². The van der Waals surface area contributed by atoms with Gasteiger partial charge in [0, 0.05) is 86.9 Å². The minimum atomic E-state index is -4.91. The molecule has 2 aliphatic heterocycles. The predicted octanol–water partition coefficient (Wildman–Crippen LogP) is 6.72. The Labute approximate surface area is 350 Å². The SMILES string of the molecule is Cl.NCc1c(Cl)c(C(F)(F)F)nn1CC(C(=O)C(Cn1nc(C(F)(F)F)c(Cl)c1CN)N1CCN(c2ccc(Cl)cc2)CC1)N1CCN(c2ccc(Cl)cc2)CC1. The number of carbonyl (C=O) groups excluding carboxylic acids is 1. The average Bonchev–Trinajstić information content (AvgIpc) is 3.68. The number of nitrogens with two attached hydrogens (primary N) is 2. The van der Waals surface area contributed by atoms with Crippen molar-refractivity contribution in [2.45, 2.75) is 50.6 Å². The maximum absolute atomic E-state index is 15.2. The summed E-state index contributed by atoms with van der Waals surface area (Å²) >= 11 is 24.5. The lowest BCUT2D eigenvalue weighted by molar-refractivity contribution is -0.142. The van der Waals surface area contributed by atoms with Crippen molar-refractivity contribution in [3.05, 3.63) is 91.4 Å². The minimum absolute atomic E-state index is 0. The molecule has 0 aliphatic carbocycles. The quantitative estimate of drug-likeness (QED) is 0.150. The van der Waals surface area contributed by atoms with Gasteiger partial charge in [0.25, 0.3) is 0 Å². The summed E-state index contributed by atoms with van der Waals surface area (Å²) in [7, 11) is 0. The van der Waals surface area contributed by atoms with Gasteiger partial charge in [-0.25, -0.2) is 0 Å². The number of ketones is 1. The first-order chi connectivity index (χ1) is 26.5. The van der Waals surface area contributed by atoms with Gasteiger partial charge in [0.1, 0.15) is 0 Å². The van der Waals surface area contributed by atoms with Gasteiger partial charge in [0.15, 0.2) is 17.2 Å². The minimum Gasteiger partial charge on any atom is -0.369 e. The average molecular weight is 907 g/mol. The van der Waals surface area contributed by atoms with Crippen LogP contribution in [0.4, 0.5) is 37.7 Å². The topological polar surface area (TPSA) is 118 Å². The fourth-order valence-electron chi connectivity index (χ4n) is 7.21. The molecule has 2 unspecified atom stereocenters. The van der Waals surface area contributed by atoms with Crippen LogP contribution in [0.25, 0.3) is 0 Å². The van der Waals surface area contributed by atoms with Crippen LogP contribution in [0.2, 0.25) is 20.1 Å². The highest BCUT2D eigenvalue weighted by molar-refractivity contribution is 6.32. The third-order valence-electron chi connectivity index (χ3n) is 10.2. The molecule has 4 aromatic rings. The van der Waals surface area contributed by atoms with E-state index in [9.17, 15) is 26.3 Å². The number of alkyl halides is 6. The molecule has 2 atom stereocenters. The van der Waals surface area contributed by atoms with E-state index in [0.29, 0.717) is 62.4 Å². The van der Waals surface area contributed by atoms with E-state index < -0.39 is 64.7 Å². The van der Waals surface area contributed by atoms with Crippen LogP contribution in [0.3, 0.4) is 0 Å². The Kier molecular flexibility index (Phi) is 14.6. The number of Topliss-reactive ketones (excluding diaryl/α,β-unsaturated/α-hetero) is 1. The van der Waals surface area contributed by atoms with Gasteiger partial charge in [0.2, 0.25) is 0 Å². The van der Waals surface area contributed by atoms with Crippen molar-refractivity contribution in [2.75, 3.05) is 62.2 Å². The summed E-state index contributed by atoms with van der Waals surface area (Å²) in [6, 6.07) is 12.2. The normalized spacial score (nSPS) is 17.1. The number of nitrogens with zero attached hydrogens (tertiary/aromatic N) is 8. The zero-order valence-electron chi connectivity index (χ0n) is 30.1. The number of rotatable bonds is 12. The van der Waals surface area contributed by atoms with Crippen molar-refractivity contribution in [1.82, 2.24) is 29.4 Å². The number of hydrogen-bond donors (Lipinski definition) is 2. The van der Waals surface area contributed by atoms with E-state index in [-0.39, 0.29) is 36.9 Å². The van der Waals surface area contributed by atoms with Crippen molar-refractivity contribution in [1.29, 1.82) is 0 Å². The Bertz CT molecular complexity index is 1840. The van der Waals surface area contributed by atoms with Crippen LogP contribution >= 0.6 is 58.8 Å². The molecular formula is C35H39Cl5F6N10O. The summed E-state index contributed by atoms with van der Waals surface area (Å²) in [5.74, 6) is -0.476. The summed E-state index contributed by atoms with van der Waals surface area (Å²) in [6.07, 6.45) is -9.81. The van der Waals surface area contributed by atoms with E-state index in [1.165, 1.54) is 0 Å². The van der Waals surface area contributed by atoms with Gasteiger partial charge < -0.3 is 21.3 Å². The lowest BCUT2D eigenvalue weighted by Gasteiger charge is -2.43. The maximum atomic E-state index is 15.2. The highest BCUT2D eigenvalue weighted by Crippen LogP contribution is 2.37. The molecule has 2 saturated heterocycles. The van der Waals surface area contributed by atoms with E-state index in [0.717, 1.165) is 20.7 Å². The second-order valence-electron chi connectivity index (χ2n) is 13.4. The number of halogens is 11. The third kappa shape index (κ3) is 10.1. The van der Waals surface area contributed by atoms with E-state index in [2.05, 4.69) is 20.0 Å². The smallest absolute Gasteiger partial charge is 0.369 e.